The predicted molar refractivity (Wildman–Crippen MR) is 152 cm³/mol. The molecule has 0 N–H and O–H groups in total. The zero-order chi connectivity index (χ0) is 25.6. The smallest absolute Gasteiger partial charge is 0.159 e. The number of hydrogen-bond donors (Lipinski definition) is 0. The average Bonchev–Trinajstić information content (AvgIpc) is 2.89. The van der Waals surface area contributed by atoms with E-state index in [4.69, 9.17) is 9.47 Å². The molecule has 0 saturated carbocycles. The van der Waals surface area contributed by atoms with Gasteiger partial charge in [0, 0.05) is 25.4 Å². The lowest BCUT2D eigenvalue weighted by molar-refractivity contribution is -0.0880. The summed E-state index contributed by atoms with van der Waals surface area (Å²) in [5, 5.41) is 0. The Hall–Kier alpha value is -2.98. The summed E-state index contributed by atoms with van der Waals surface area (Å²) in [7, 11) is 4.44. The third kappa shape index (κ3) is 3.38. The maximum atomic E-state index is 7.04. The van der Waals surface area contributed by atoms with Crippen molar-refractivity contribution < 1.29 is 9.47 Å². The number of anilines is 2. The molecule has 4 nitrogen and oxygen atoms in total. The Labute approximate surface area is 221 Å². The van der Waals surface area contributed by atoms with Gasteiger partial charge < -0.3 is 19.3 Å². The Kier molecular flexibility index (Phi) is 5.17. The highest BCUT2D eigenvalue weighted by Gasteiger charge is 2.45. The molecule has 2 heterocycles. The summed E-state index contributed by atoms with van der Waals surface area (Å²) in [5.41, 5.74) is 10.2. The molecule has 0 radical (unpaired) electrons. The van der Waals surface area contributed by atoms with E-state index in [1.165, 1.54) is 33.5 Å². The molecule has 37 heavy (non-hydrogen) atoms. The van der Waals surface area contributed by atoms with E-state index in [9.17, 15) is 0 Å². The van der Waals surface area contributed by atoms with Crippen molar-refractivity contribution in [3.8, 4) is 11.5 Å². The summed E-state index contributed by atoms with van der Waals surface area (Å²) >= 11 is 0. The van der Waals surface area contributed by atoms with Gasteiger partial charge >= 0.3 is 0 Å². The topological polar surface area (TPSA) is 24.9 Å². The van der Waals surface area contributed by atoms with Crippen molar-refractivity contribution in [2.75, 3.05) is 19.0 Å². The van der Waals surface area contributed by atoms with E-state index in [0.717, 1.165) is 42.1 Å². The lowest BCUT2D eigenvalue weighted by Crippen LogP contribution is -2.49. The van der Waals surface area contributed by atoms with Crippen LogP contribution >= 0.6 is 0 Å². The van der Waals surface area contributed by atoms with Gasteiger partial charge in [0.2, 0.25) is 0 Å². The fourth-order valence-corrected chi connectivity index (χ4v) is 7.07. The second-order valence-electron chi connectivity index (χ2n) is 12.2. The molecule has 2 aliphatic heterocycles. The van der Waals surface area contributed by atoms with Crippen molar-refractivity contribution in [3.63, 3.8) is 0 Å². The highest BCUT2D eigenvalue weighted by Crippen LogP contribution is 2.56. The number of nitrogens with zero attached hydrogens (tertiary/aromatic N) is 2. The van der Waals surface area contributed by atoms with Crippen LogP contribution in [0.15, 0.2) is 48.2 Å². The van der Waals surface area contributed by atoms with E-state index in [1.807, 2.05) is 0 Å². The molecule has 1 saturated heterocycles. The number of hydrogen-bond acceptors (Lipinski definition) is 4. The highest BCUT2D eigenvalue weighted by atomic mass is 16.5. The van der Waals surface area contributed by atoms with Gasteiger partial charge in [-0.1, -0.05) is 58.1 Å². The van der Waals surface area contributed by atoms with Crippen LogP contribution in [0.25, 0.3) is 11.6 Å². The van der Waals surface area contributed by atoms with Gasteiger partial charge in [-0.3, -0.25) is 0 Å². The minimum atomic E-state index is 0.0190. The van der Waals surface area contributed by atoms with Crippen LogP contribution in [-0.4, -0.2) is 31.1 Å². The Balaban J connectivity index is 1.35. The van der Waals surface area contributed by atoms with Gasteiger partial charge in [0.05, 0.1) is 23.5 Å². The second-order valence-corrected chi connectivity index (χ2v) is 12.2. The van der Waals surface area contributed by atoms with Gasteiger partial charge in [-0.2, -0.15) is 0 Å². The summed E-state index contributed by atoms with van der Waals surface area (Å²) in [4.78, 5) is 4.81. The quantitative estimate of drug-likeness (QED) is 0.420. The molecule has 0 aromatic heterocycles. The molecular weight excluding hydrogens is 456 g/mol. The van der Waals surface area contributed by atoms with Crippen LogP contribution in [0.5, 0.6) is 11.5 Å². The van der Waals surface area contributed by atoms with Gasteiger partial charge in [-0.25, -0.2) is 0 Å². The standard InChI is InChI=1S/C33H38N2O2/c1-18(2)20-11-13-26-29(15-20)36-32-23-9-7-8-22-14-27-33(24(31(22)23)17-28(32)35(26)6)37-30-16-21(19(3)4)10-12-25(30)34(27)5/h7,9,11-15,17-19,21,27,30,33H,8,10,16H2,1-6H3. The zero-order valence-corrected chi connectivity index (χ0v) is 22.9. The molecule has 5 aliphatic rings. The summed E-state index contributed by atoms with van der Waals surface area (Å²) in [6, 6.07) is 9.23. The lowest BCUT2D eigenvalue weighted by atomic mass is 9.76. The molecule has 3 aliphatic carbocycles. The fourth-order valence-electron chi connectivity index (χ4n) is 7.07. The van der Waals surface area contributed by atoms with E-state index in [1.54, 1.807) is 0 Å². The first-order chi connectivity index (χ1) is 17.8. The van der Waals surface area contributed by atoms with E-state index in [0.29, 0.717) is 17.8 Å². The van der Waals surface area contributed by atoms with Gasteiger partial charge in [0.25, 0.3) is 0 Å². The van der Waals surface area contributed by atoms with Gasteiger partial charge in [-0.15, -0.1) is 0 Å². The molecule has 0 amide bonds. The molecule has 7 rings (SSSR count). The lowest BCUT2D eigenvalue weighted by Gasteiger charge is -2.50. The highest BCUT2D eigenvalue weighted by molar-refractivity contribution is 5.92. The minimum absolute atomic E-state index is 0.0190. The zero-order valence-electron chi connectivity index (χ0n) is 22.9. The van der Waals surface area contributed by atoms with Crippen LogP contribution in [0.2, 0.25) is 0 Å². The molecular formula is C33H38N2O2. The van der Waals surface area contributed by atoms with Gasteiger partial charge in [0.15, 0.2) is 11.5 Å². The number of ether oxygens (including phenoxy) is 2. The number of morpholine rings is 1. The summed E-state index contributed by atoms with van der Waals surface area (Å²) in [6.07, 6.45) is 12.9. The first kappa shape index (κ1) is 23.2. The molecule has 4 atom stereocenters. The Morgan fingerprint density at radius 1 is 1.03 bits per heavy atom. The van der Waals surface area contributed by atoms with Crippen LogP contribution < -0.4 is 9.64 Å². The van der Waals surface area contributed by atoms with Gasteiger partial charge in [-0.05, 0) is 77.5 Å². The van der Waals surface area contributed by atoms with Crippen LogP contribution in [0.4, 0.5) is 11.4 Å². The molecule has 0 bridgehead atoms. The SMILES string of the molecule is CC(C)c1ccc2c(c1)Oc1c(cc3c4c1C=CCC4=CC1C3OC3CC(C(C)C)CC=C3N1C)N2C. The fraction of sp³-hybridized carbons (Fsp3) is 0.455. The Morgan fingerprint density at radius 3 is 2.65 bits per heavy atom. The van der Waals surface area contributed by atoms with E-state index in [-0.39, 0.29) is 18.2 Å². The van der Waals surface area contributed by atoms with E-state index >= 15 is 0 Å². The number of fused-ring (bicyclic) bond motifs is 6. The van der Waals surface area contributed by atoms with Crippen molar-refractivity contribution in [2.45, 2.75) is 71.1 Å². The van der Waals surface area contributed by atoms with Crippen molar-refractivity contribution in [2.24, 2.45) is 11.8 Å². The van der Waals surface area contributed by atoms with E-state index in [2.05, 4.69) is 100 Å². The van der Waals surface area contributed by atoms with Crippen molar-refractivity contribution in [1.82, 2.24) is 4.90 Å². The summed E-state index contributed by atoms with van der Waals surface area (Å²) < 4.78 is 13.8. The molecule has 4 unspecified atom stereocenters. The van der Waals surface area contributed by atoms with Crippen molar-refractivity contribution in [1.29, 1.82) is 0 Å². The number of benzene rings is 2. The Morgan fingerprint density at radius 2 is 1.86 bits per heavy atom. The molecule has 192 valence electrons. The predicted octanol–water partition coefficient (Wildman–Crippen LogP) is 8.19. The third-order valence-electron chi connectivity index (χ3n) is 9.43. The van der Waals surface area contributed by atoms with Crippen LogP contribution in [-0.2, 0) is 4.74 Å². The molecule has 4 heteroatoms. The van der Waals surface area contributed by atoms with E-state index < -0.39 is 0 Å². The van der Waals surface area contributed by atoms with Crippen LogP contribution in [0.3, 0.4) is 0 Å². The molecule has 2 aromatic rings. The van der Waals surface area contributed by atoms with Crippen molar-refractivity contribution >= 4 is 23.0 Å². The maximum Gasteiger partial charge on any atom is 0.159 e. The minimum Gasteiger partial charge on any atom is -0.452 e. The Bertz CT molecular complexity index is 1380. The molecule has 1 fully saturated rings. The second kappa shape index (κ2) is 8.26. The van der Waals surface area contributed by atoms with Crippen LogP contribution in [0, 0.1) is 11.8 Å². The number of rotatable bonds is 2. The molecule has 0 spiro atoms. The molecule has 2 aromatic carbocycles. The first-order valence-corrected chi connectivity index (χ1v) is 14.0. The number of allylic oxidation sites excluding steroid dienone is 3. The summed E-state index contributed by atoms with van der Waals surface area (Å²) in [6.45, 7) is 9.16. The van der Waals surface area contributed by atoms with Crippen molar-refractivity contribution in [3.05, 3.63) is 70.4 Å². The van der Waals surface area contributed by atoms with Gasteiger partial charge in [0.1, 0.15) is 6.10 Å². The summed E-state index contributed by atoms with van der Waals surface area (Å²) in [5.74, 6) is 3.73. The maximum absolute atomic E-state index is 7.04. The van der Waals surface area contributed by atoms with Crippen LogP contribution in [0.1, 0.15) is 81.2 Å². The largest absolute Gasteiger partial charge is 0.452 e. The third-order valence-corrected chi connectivity index (χ3v) is 9.43. The normalized spacial score (nSPS) is 27.0. The first-order valence-electron chi connectivity index (χ1n) is 14.0. The monoisotopic (exact) mass is 494 g/mol. The average molecular weight is 495 g/mol. The number of likely N-dealkylation sites (N-methyl/N-ethyl adjacent to an activating group) is 1.